The Bertz CT molecular complexity index is 1130. The molecule has 4 rings (SSSR count). The van der Waals surface area contributed by atoms with Gasteiger partial charge in [0, 0.05) is 24.2 Å². The third kappa shape index (κ3) is 4.69. The molecular formula is C23H23Cl2FN4O2. The number of nitrogens with zero attached hydrogens (tertiary/aromatic N) is 3. The first kappa shape index (κ1) is 22.4. The van der Waals surface area contributed by atoms with E-state index < -0.39 is 0 Å². The maximum Gasteiger partial charge on any atom is 0.256 e. The maximum absolute atomic E-state index is 13.2. The predicted molar refractivity (Wildman–Crippen MR) is 124 cm³/mol. The molecule has 1 aliphatic heterocycles. The summed E-state index contributed by atoms with van der Waals surface area (Å²) in [6, 6.07) is 11.5. The summed E-state index contributed by atoms with van der Waals surface area (Å²) in [6.07, 6.45) is 0.780. The van der Waals surface area contributed by atoms with Crippen LogP contribution in [0.1, 0.15) is 28.0 Å². The summed E-state index contributed by atoms with van der Waals surface area (Å²) >= 11 is 12.7. The largest absolute Gasteiger partial charge is 0.495 e. The van der Waals surface area contributed by atoms with E-state index >= 15 is 0 Å². The van der Waals surface area contributed by atoms with E-state index in [-0.39, 0.29) is 22.9 Å². The van der Waals surface area contributed by atoms with Crippen molar-refractivity contribution in [3.05, 3.63) is 75.3 Å². The molecule has 32 heavy (non-hydrogen) atoms. The summed E-state index contributed by atoms with van der Waals surface area (Å²) in [5, 5.41) is 8.37. The lowest BCUT2D eigenvalue weighted by Gasteiger charge is -2.21. The fourth-order valence-corrected chi connectivity index (χ4v) is 4.43. The number of carbonyl (C=O) groups is 1. The number of nitrogens with one attached hydrogen (secondary N) is 1. The first-order valence-electron chi connectivity index (χ1n) is 10.2. The van der Waals surface area contributed by atoms with E-state index in [4.69, 9.17) is 27.9 Å². The number of rotatable bonds is 6. The predicted octanol–water partition coefficient (Wildman–Crippen LogP) is 4.70. The summed E-state index contributed by atoms with van der Waals surface area (Å²) < 4.78 is 20.2. The van der Waals surface area contributed by atoms with Crippen LogP contribution in [0.5, 0.6) is 5.75 Å². The summed E-state index contributed by atoms with van der Waals surface area (Å²) in [5.41, 5.74) is 2.64. The van der Waals surface area contributed by atoms with Gasteiger partial charge in [-0.1, -0.05) is 35.3 Å². The van der Waals surface area contributed by atoms with Crippen molar-refractivity contribution in [3.8, 4) is 5.75 Å². The van der Waals surface area contributed by atoms with Gasteiger partial charge >= 0.3 is 0 Å². The number of aryl methyl sites for hydroxylation is 1. The second-order valence-corrected chi connectivity index (χ2v) is 8.55. The van der Waals surface area contributed by atoms with Gasteiger partial charge in [0.05, 0.1) is 30.6 Å². The topological polar surface area (TPSA) is 59.4 Å². The lowest BCUT2D eigenvalue weighted by Crippen LogP contribution is -2.37. The molecule has 168 valence electrons. The zero-order valence-corrected chi connectivity index (χ0v) is 19.3. The van der Waals surface area contributed by atoms with Crippen molar-refractivity contribution in [1.82, 2.24) is 15.1 Å². The Morgan fingerprint density at radius 3 is 2.72 bits per heavy atom. The average molecular weight is 477 g/mol. The third-order valence-electron chi connectivity index (χ3n) is 5.54. The quantitative estimate of drug-likeness (QED) is 0.559. The van der Waals surface area contributed by atoms with E-state index in [1.165, 1.54) is 12.1 Å². The molecule has 2 heterocycles. The Hall–Kier alpha value is -2.77. The minimum absolute atomic E-state index is 0.0536. The van der Waals surface area contributed by atoms with Crippen LogP contribution in [0.25, 0.3) is 0 Å². The van der Waals surface area contributed by atoms with Gasteiger partial charge in [0.1, 0.15) is 16.7 Å². The van der Waals surface area contributed by atoms with Gasteiger partial charge in [-0.3, -0.25) is 4.79 Å². The van der Waals surface area contributed by atoms with E-state index in [1.807, 2.05) is 12.1 Å². The summed E-state index contributed by atoms with van der Waals surface area (Å²) in [4.78, 5) is 15.2. The molecule has 0 radical (unpaired) electrons. The second kappa shape index (κ2) is 9.38. The standard InChI is InChI=1S/C23H23Cl2FN4O2/c1-14-21(22(25)30(28-14)12-15-3-6-17(26)7-4-15)23(31)27-18-9-10-29(13-18)19-11-16(24)5-8-20(19)32-2/h3-8,11,18H,9-10,12-13H2,1-2H3,(H,27,31). The van der Waals surface area contributed by atoms with Gasteiger partial charge in [0.2, 0.25) is 0 Å². The van der Waals surface area contributed by atoms with E-state index in [2.05, 4.69) is 15.3 Å². The average Bonchev–Trinajstić information content (AvgIpc) is 3.33. The molecule has 0 aliphatic carbocycles. The van der Waals surface area contributed by atoms with Crippen LogP contribution in [0.3, 0.4) is 0 Å². The molecule has 1 aliphatic rings. The number of aromatic nitrogens is 2. The van der Waals surface area contributed by atoms with Gasteiger partial charge in [-0.15, -0.1) is 0 Å². The lowest BCUT2D eigenvalue weighted by atomic mass is 10.2. The molecular weight excluding hydrogens is 454 g/mol. The lowest BCUT2D eigenvalue weighted by molar-refractivity contribution is 0.0940. The van der Waals surface area contributed by atoms with Gasteiger partial charge in [-0.25, -0.2) is 9.07 Å². The van der Waals surface area contributed by atoms with Crippen molar-refractivity contribution in [2.75, 3.05) is 25.1 Å². The van der Waals surface area contributed by atoms with Crippen molar-refractivity contribution in [3.63, 3.8) is 0 Å². The smallest absolute Gasteiger partial charge is 0.256 e. The first-order valence-corrected chi connectivity index (χ1v) is 11.0. The van der Waals surface area contributed by atoms with E-state index in [1.54, 1.807) is 36.9 Å². The van der Waals surface area contributed by atoms with Crippen molar-refractivity contribution < 1.29 is 13.9 Å². The molecule has 0 saturated carbocycles. The van der Waals surface area contributed by atoms with Crippen molar-refractivity contribution in [2.45, 2.75) is 25.9 Å². The minimum atomic E-state index is -0.308. The van der Waals surface area contributed by atoms with Crippen molar-refractivity contribution in [1.29, 1.82) is 0 Å². The van der Waals surface area contributed by atoms with Crippen LogP contribution in [0.2, 0.25) is 10.2 Å². The minimum Gasteiger partial charge on any atom is -0.495 e. The number of hydrogen-bond acceptors (Lipinski definition) is 4. The van der Waals surface area contributed by atoms with Crippen LogP contribution >= 0.6 is 23.2 Å². The van der Waals surface area contributed by atoms with Gasteiger partial charge in [0.25, 0.3) is 5.91 Å². The molecule has 3 aromatic rings. The van der Waals surface area contributed by atoms with Crippen molar-refractivity contribution >= 4 is 34.8 Å². The zero-order valence-electron chi connectivity index (χ0n) is 17.7. The van der Waals surface area contributed by atoms with Gasteiger partial charge in [-0.2, -0.15) is 5.10 Å². The number of amides is 1. The highest BCUT2D eigenvalue weighted by Gasteiger charge is 2.28. The number of halogens is 3. The molecule has 1 saturated heterocycles. The number of carbonyl (C=O) groups excluding carboxylic acids is 1. The fourth-order valence-electron chi connectivity index (χ4n) is 3.94. The van der Waals surface area contributed by atoms with Gasteiger partial charge in [-0.05, 0) is 49.2 Å². The van der Waals surface area contributed by atoms with Crippen LogP contribution in [0.15, 0.2) is 42.5 Å². The Morgan fingerprint density at radius 1 is 1.25 bits per heavy atom. The number of ether oxygens (including phenoxy) is 1. The second-order valence-electron chi connectivity index (χ2n) is 7.76. The van der Waals surface area contributed by atoms with E-state index in [0.717, 1.165) is 30.0 Å². The highest BCUT2D eigenvalue weighted by Crippen LogP contribution is 2.33. The van der Waals surface area contributed by atoms with Crippen LogP contribution in [0.4, 0.5) is 10.1 Å². The number of hydrogen-bond donors (Lipinski definition) is 1. The SMILES string of the molecule is COc1ccc(Cl)cc1N1CCC(NC(=O)c2c(C)nn(Cc3ccc(F)cc3)c2Cl)C1. The number of benzene rings is 2. The van der Waals surface area contributed by atoms with Crippen molar-refractivity contribution in [2.24, 2.45) is 0 Å². The molecule has 0 spiro atoms. The van der Waals surface area contributed by atoms with Crippen LogP contribution in [-0.4, -0.2) is 41.9 Å². The maximum atomic E-state index is 13.2. The first-order chi connectivity index (χ1) is 15.4. The normalized spacial score (nSPS) is 15.8. The van der Waals surface area contributed by atoms with Crippen LogP contribution in [-0.2, 0) is 6.54 Å². The molecule has 2 aromatic carbocycles. The van der Waals surface area contributed by atoms with Gasteiger partial charge in [0.15, 0.2) is 0 Å². The van der Waals surface area contributed by atoms with E-state index in [9.17, 15) is 9.18 Å². The monoisotopic (exact) mass is 476 g/mol. The Balaban J connectivity index is 1.45. The molecule has 1 aromatic heterocycles. The molecule has 0 bridgehead atoms. The molecule has 9 heteroatoms. The number of anilines is 1. The van der Waals surface area contributed by atoms with Crippen LogP contribution in [0, 0.1) is 12.7 Å². The number of methoxy groups -OCH3 is 1. The molecule has 1 unspecified atom stereocenters. The molecule has 1 fully saturated rings. The zero-order chi connectivity index (χ0) is 22.8. The highest BCUT2D eigenvalue weighted by molar-refractivity contribution is 6.33. The molecule has 1 atom stereocenters. The highest BCUT2D eigenvalue weighted by atomic mass is 35.5. The fraction of sp³-hybridized carbons (Fsp3) is 0.304. The Kier molecular flexibility index (Phi) is 6.58. The van der Waals surface area contributed by atoms with Crippen LogP contribution < -0.4 is 15.0 Å². The Labute approximate surface area is 195 Å². The summed E-state index contributed by atoms with van der Waals surface area (Å²) in [7, 11) is 1.62. The third-order valence-corrected chi connectivity index (χ3v) is 6.16. The Morgan fingerprint density at radius 2 is 2.00 bits per heavy atom. The molecule has 1 amide bonds. The summed E-state index contributed by atoms with van der Waals surface area (Å²) in [5.74, 6) is 0.169. The van der Waals surface area contributed by atoms with E-state index in [0.29, 0.717) is 29.4 Å². The molecule has 6 nitrogen and oxygen atoms in total. The van der Waals surface area contributed by atoms with Gasteiger partial charge < -0.3 is 15.0 Å². The summed E-state index contributed by atoms with van der Waals surface area (Å²) in [6.45, 7) is 3.49. The molecule has 1 N–H and O–H groups in total.